The van der Waals surface area contributed by atoms with E-state index in [1.165, 1.54) is 73.6 Å². The fourth-order valence-electron chi connectivity index (χ4n) is 16.7. The Kier molecular flexibility index (Phi) is 33.1. The Balaban J connectivity index is 0.000000171. The molecule has 8 aromatic rings. The molecule has 4 aliphatic carbocycles. The molecule has 6 atom stereocenters. The van der Waals surface area contributed by atoms with Gasteiger partial charge in [-0.2, -0.15) is 0 Å². The second kappa shape index (κ2) is 44.3. The van der Waals surface area contributed by atoms with Crippen LogP contribution >= 0.6 is 46.2 Å². The number of thioether (sulfide) groups is 2. The van der Waals surface area contributed by atoms with Crippen LogP contribution in [0.3, 0.4) is 0 Å². The van der Waals surface area contributed by atoms with Crippen LogP contribution in [0.2, 0.25) is 0 Å². The molecule has 29 nitrogen and oxygen atoms in total. The maximum absolute atomic E-state index is 12.9. The van der Waals surface area contributed by atoms with Crippen LogP contribution in [0.25, 0.3) is 20.4 Å². The zero-order valence-corrected chi connectivity index (χ0v) is 75.3. The van der Waals surface area contributed by atoms with Gasteiger partial charge in [-0.25, -0.2) is 24.5 Å². The molecule has 1 saturated heterocycles. The van der Waals surface area contributed by atoms with Crippen LogP contribution < -0.4 is 62.6 Å². The predicted octanol–water partition coefficient (Wildman–Crippen LogP) is 14.6. The van der Waals surface area contributed by atoms with Crippen molar-refractivity contribution in [2.75, 3.05) is 52.4 Å². The van der Waals surface area contributed by atoms with Gasteiger partial charge in [-0.1, -0.05) is 48.5 Å². The second-order valence-electron chi connectivity index (χ2n) is 32.9. The zero-order chi connectivity index (χ0) is 88.7. The SMILES string of the molecule is CC(=O)NCCCCC(NC(C)=O)C(=O)Nc1ccc(COC(=O)Nc2ccc3nc(C4=N[C@@H](C)CS4)sc3c2)cc1.CC(=O)NCCCCC(NC(C)=O)C(=O)Nc1ccc(COc2ccc3nc(C4=N[C@@H](C)CS4)sc3c2)cc1.CC(=O)NCCCCC(NC(C)=O)C(=O)Nc1ccc(COc2cccc(C3(C)OOC34C3CC5CC(C3)CC4C5)c2)cc1. The highest BCUT2D eigenvalue weighted by Crippen LogP contribution is 2.69. The van der Waals surface area contributed by atoms with E-state index in [0.29, 0.717) is 124 Å². The number of aromatic nitrogens is 2. The molecule has 0 radical (unpaired) electrons. The number of nitrogens with zero attached hydrogens (tertiary/aromatic N) is 4. The number of amides is 10. The lowest BCUT2D eigenvalue weighted by atomic mass is 9.45. The second-order valence-corrected chi connectivity index (χ2v) is 37.0. The highest BCUT2D eigenvalue weighted by Gasteiger charge is 2.73. The molecule has 125 heavy (non-hydrogen) atoms. The first kappa shape index (κ1) is 93.3. The molecule has 6 aromatic carbocycles. The number of ether oxygens (including phenoxy) is 3. The van der Waals surface area contributed by atoms with Crippen LogP contribution in [-0.2, 0) is 83.1 Å². The number of thiazole rings is 2. The van der Waals surface area contributed by atoms with E-state index in [9.17, 15) is 47.9 Å². The van der Waals surface area contributed by atoms with Crippen LogP contribution in [0.5, 0.6) is 11.5 Å². The van der Waals surface area contributed by atoms with Crippen molar-refractivity contribution in [1.82, 2.24) is 41.9 Å². The summed E-state index contributed by atoms with van der Waals surface area (Å²) in [5.41, 5.74) is 7.31. The van der Waals surface area contributed by atoms with E-state index < -0.39 is 29.8 Å². The summed E-state index contributed by atoms with van der Waals surface area (Å²) < 4.78 is 19.6. The summed E-state index contributed by atoms with van der Waals surface area (Å²) in [6.45, 7) is 17.4. The Morgan fingerprint density at radius 2 is 0.840 bits per heavy atom. The van der Waals surface area contributed by atoms with Gasteiger partial charge in [0.25, 0.3) is 0 Å². The van der Waals surface area contributed by atoms with Crippen LogP contribution in [0, 0.1) is 23.7 Å². The quantitative estimate of drug-likeness (QED) is 0.0129. The van der Waals surface area contributed by atoms with E-state index in [1.54, 1.807) is 76.5 Å². The number of aliphatic imine (C=N–C) groups is 2. The van der Waals surface area contributed by atoms with Gasteiger partial charge in [0.15, 0.2) is 5.60 Å². The maximum atomic E-state index is 12.9. The number of anilines is 4. The molecule has 10 N–H and O–H groups in total. The number of hydrogen-bond donors (Lipinski definition) is 10. The van der Waals surface area contributed by atoms with E-state index >= 15 is 0 Å². The average Bonchev–Trinajstić information content (AvgIpc) is 0.745. The van der Waals surface area contributed by atoms with Crippen molar-refractivity contribution in [3.05, 3.63) is 166 Å². The van der Waals surface area contributed by atoms with Gasteiger partial charge in [0.1, 0.15) is 75.1 Å². The van der Waals surface area contributed by atoms with Gasteiger partial charge in [0.2, 0.25) is 53.2 Å². The molecule has 4 unspecified atom stereocenters. The number of nitrogens with one attached hydrogen (secondary N) is 10. The Morgan fingerprint density at radius 3 is 1.23 bits per heavy atom. The molecule has 15 rings (SSSR count). The molecule has 4 saturated carbocycles. The summed E-state index contributed by atoms with van der Waals surface area (Å²) in [5, 5.41) is 31.5. The third-order valence-corrected chi connectivity index (χ3v) is 27.3. The molecule has 3 aliphatic heterocycles. The Hall–Kier alpha value is -10.8. The largest absolute Gasteiger partial charge is 0.489 e. The lowest BCUT2D eigenvalue weighted by Gasteiger charge is -2.69. The van der Waals surface area contributed by atoms with Gasteiger partial charge in [0, 0.05) is 95.4 Å². The first-order valence-electron chi connectivity index (χ1n) is 42.7. The molecule has 10 amide bonds. The molecule has 5 heterocycles. The zero-order valence-electron chi connectivity index (χ0n) is 72.0. The monoisotopic (exact) mass is 1780 g/mol. The number of benzene rings is 6. The van der Waals surface area contributed by atoms with E-state index in [1.807, 2.05) is 91.0 Å². The van der Waals surface area contributed by atoms with Crippen LogP contribution in [0.15, 0.2) is 143 Å². The van der Waals surface area contributed by atoms with E-state index in [2.05, 4.69) is 101 Å². The van der Waals surface area contributed by atoms with Gasteiger partial charge in [-0.15, -0.1) is 46.2 Å². The predicted molar refractivity (Wildman–Crippen MR) is 490 cm³/mol. The molecule has 7 aliphatic rings. The molecule has 33 heteroatoms. The number of fused-ring (bicyclic) bond motifs is 2. The minimum absolute atomic E-state index is 0.0467. The van der Waals surface area contributed by atoms with Crippen LogP contribution in [-0.4, -0.2) is 146 Å². The smallest absolute Gasteiger partial charge is 0.411 e. The Morgan fingerprint density at radius 1 is 0.440 bits per heavy atom. The van der Waals surface area contributed by atoms with Gasteiger partial charge in [-0.3, -0.25) is 58.5 Å². The average molecular weight is 1780 g/mol. The minimum atomic E-state index is -0.693. The molecule has 5 fully saturated rings. The van der Waals surface area contributed by atoms with Crippen LogP contribution in [0.4, 0.5) is 27.5 Å². The summed E-state index contributed by atoms with van der Waals surface area (Å²) in [4.78, 5) is 150. The number of hydrogen-bond acceptors (Lipinski definition) is 23. The molecular weight excluding hydrogens is 1670 g/mol. The first-order chi connectivity index (χ1) is 60.1. The van der Waals surface area contributed by atoms with Crippen molar-refractivity contribution >= 4 is 159 Å². The van der Waals surface area contributed by atoms with E-state index in [4.69, 9.17) is 29.0 Å². The summed E-state index contributed by atoms with van der Waals surface area (Å²) in [5.74, 6) is 4.37. The number of unbranched alkanes of at least 4 members (excludes halogenated alkanes) is 3. The standard InChI is InChI=1S/C35H45N3O6.C29H34N6O5S2.C28H33N5O4S2/c1-22(39)36-14-5-4-9-32(37-23(2)40)33(41)38-30-12-10-24(11-13-30)21-42-31-8-6-7-27(20-31)34(3)35(44-43-34)28-16-25-15-26(18-28)19-29(35)17-25;1-17-16-41-27(31-17)28-35-23-12-11-22(14-25(23)42-28)34-29(39)40-15-20-7-9-21(10-8-20)33-26(38)24(32-19(3)37)6-4-5-13-30-18(2)36;1-17-16-38-27(30-17)28-33-23-12-11-22(14-25(23)39-28)37-15-20-7-9-21(10-8-20)32-26(36)24(31-19(3)35)6-4-5-13-29-18(2)34/h6-8,10-13,20,25-26,28-29,32H,4-5,9,14-19,21H2,1-3H3,(H,36,39)(H,37,40)(H,38,41);7-12,14,17,24H,4-6,13,15-16H2,1-3H3,(H,30,36)(H,32,37)(H,33,38)(H,34,39);7-12,14,17,24H,4-6,13,15-16H2,1-3H3,(H,29,34)(H,31,35)(H,32,36)/t;2*17-,24?/m.00/s1. The van der Waals surface area contributed by atoms with Gasteiger partial charge < -0.3 is 62.1 Å². The van der Waals surface area contributed by atoms with Crippen molar-refractivity contribution in [2.45, 2.75) is 213 Å². The van der Waals surface area contributed by atoms with Crippen molar-refractivity contribution in [2.24, 2.45) is 33.7 Å². The lowest BCUT2D eigenvalue weighted by molar-refractivity contribution is -0.590. The van der Waals surface area contributed by atoms with Crippen LogP contribution in [0.1, 0.15) is 184 Å². The topological polar surface area (TPSA) is 388 Å². The maximum Gasteiger partial charge on any atom is 0.411 e. The van der Waals surface area contributed by atoms with E-state index in [0.717, 1.165) is 110 Å². The molecular formula is C92H112N14O15S4. The van der Waals surface area contributed by atoms with Gasteiger partial charge >= 0.3 is 6.09 Å². The number of carbonyl (C=O) groups is 10. The van der Waals surface area contributed by atoms with Crippen molar-refractivity contribution in [1.29, 1.82) is 0 Å². The van der Waals surface area contributed by atoms with Crippen molar-refractivity contribution in [3.8, 4) is 11.5 Å². The molecule has 664 valence electrons. The summed E-state index contributed by atoms with van der Waals surface area (Å²) in [6, 6.07) is 40.2. The summed E-state index contributed by atoms with van der Waals surface area (Å²) >= 11 is 6.64. The third-order valence-electron chi connectivity index (χ3n) is 22.6. The van der Waals surface area contributed by atoms with Gasteiger partial charge in [0.05, 0.1) is 32.5 Å². The number of rotatable bonds is 36. The third kappa shape index (κ3) is 26.4. The van der Waals surface area contributed by atoms with E-state index in [-0.39, 0.29) is 65.4 Å². The summed E-state index contributed by atoms with van der Waals surface area (Å²) in [6.07, 6.45) is 11.4. The molecule has 4 bridgehead atoms. The molecule has 2 aromatic heterocycles. The fourth-order valence-corrected chi connectivity index (χ4v) is 20.9. The normalized spacial score (nSPS) is 20.6. The van der Waals surface area contributed by atoms with Crippen molar-refractivity contribution in [3.63, 3.8) is 0 Å². The summed E-state index contributed by atoms with van der Waals surface area (Å²) in [7, 11) is 0. The Bertz CT molecular complexity index is 5190. The highest BCUT2D eigenvalue weighted by molar-refractivity contribution is 8.15. The highest BCUT2D eigenvalue weighted by atomic mass is 32.2. The minimum Gasteiger partial charge on any atom is -0.489 e. The fraction of sp³-hybridized carbons (Fsp3) is 0.457. The van der Waals surface area contributed by atoms with Gasteiger partial charge in [-0.05, 0) is 242 Å². The Labute approximate surface area is 744 Å². The number of carbonyl (C=O) groups excluding carboxylic acids is 10. The first-order valence-corrected chi connectivity index (χ1v) is 46.3. The molecule has 1 spiro atoms. The lowest BCUT2D eigenvalue weighted by Crippen LogP contribution is -2.74. The van der Waals surface area contributed by atoms with Crippen molar-refractivity contribution < 1.29 is 71.9 Å².